The fraction of sp³-hybridized carbons (Fsp3) is 0.467. The van der Waals surface area contributed by atoms with E-state index >= 15 is 4.39 Å². The Morgan fingerprint density at radius 3 is 2.46 bits per heavy atom. The monoisotopic (exact) mass is 598 g/mol. The highest BCUT2D eigenvalue weighted by Crippen LogP contribution is 2.32. The average Bonchev–Trinajstić information content (AvgIpc) is 2.90. The minimum Gasteiger partial charge on any atom is -0.382 e. The first kappa shape index (κ1) is 31.2. The van der Waals surface area contributed by atoms with E-state index in [9.17, 15) is 13.2 Å². The Labute approximate surface area is 246 Å². The van der Waals surface area contributed by atoms with Crippen LogP contribution in [0.4, 0.5) is 15.8 Å². The molecule has 2 aromatic carbocycles. The summed E-state index contributed by atoms with van der Waals surface area (Å²) in [6, 6.07) is 11.6. The fourth-order valence-electron chi connectivity index (χ4n) is 5.39. The SMILES string of the molecule is BC(C)(C)c1cc(NC2CCC(N(C)C(=O)c3c(P)ccc(NS(=O)(=O)CCC)c3F)CC2)c2cc(C)ccc2n1. The first-order valence-corrected chi connectivity index (χ1v) is 16.5. The Morgan fingerprint density at radius 1 is 1.15 bits per heavy atom. The van der Waals surface area contributed by atoms with Gasteiger partial charge in [0.2, 0.25) is 10.0 Å². The molecule has 3 aromatic rings. The number of nitrogens with one attached hydrogen (secondary N) is 2. The average molecular weight is 599 g/mol. The molecule has 1 aromatic heterocycles. The number of carbonyl (C=O) groups excluding carboxylic acids is 1. The van der Waals surface area contributed by atoms with Crippen LogP contribution in [0, 0.1) is 12.7 Å². The Hall–Kier alpha value is -2.71. The van der Waals surface area contributed by atoms with E-state index in [1.807, 2.05) is 0 Å². The number of halogens is 1. The smallest absolute Gasteiger partial charge is 0.257 e. The molecule has 41 heavy (non-hydrogen) atoms. The number of fused-ring (bicyclic) bond motifs is 1. The van der Waals surface area contributed by atoms with Crippen molar-refractivity contribution in [3.05, 3.63) is 59.0 Å². The van der Waals surface area contributed by atoms with Gasteiger partial charge in [0.1, 0.15) is 7.85 Å². The summed E-state index contributed by atoms with van der Waals surface area (Å²) in [5.74, 6) is -1.42. The van der Waals surface area contributed by atoms with Crippen LogP contribution in [-0.4, -0.2) is 56.9 Å². The topological polar surface area (TPSA) is 91.4 Å². The van der Waals surface area contributed by atoms with Crippen LogP contribution in [-0.2, 0) is 15.3 Å². The van der Waals surface area contributed by atoms with E-state index in [1.54, 1.807) is 24.9 Å². The normalized spacial score (nSPS) is 17.8. The van der Waals surface area contributed by atoms with Crippen LogP contribution in [0.2, 0.25) is 0 Å². The van der Waals surface area contributed by atoms with Crippen LogP contribution in [0.25, 0.3) is 10.9 Å². The maximum atomic E-state index is 15.5. The molecule has 1 heterocycles. The van der Waals surface area contributed by atoms with Gasteiger partial charge >= 0.3 is 0 Å². The lowest BCUT2D eigenvalue weighted by molar-refractivity contribution is 0.0689. The first-order valence-electron chi connectivity index (χ1n) is 14.2. The first-order chi connectivity index (χ1) is 19.2. The van der Waals surface area contributed by atoms with Gasteiger partial charge in [-0.2, -0.15) is 0 Å². The summed E-state index contributed by atoms with van der Waals surface area (Å²) < 4.78 is 42.2. The molecule has 0 saturated heterocycles. The third-order valence-electron chi connectivity index (χ3n) is 7.78. The summed E-state index contributed by atoms with van der Waals surface area (Å²) >= 11 is 0. The van der Waals surface area contributed by atoms with E-state index in [1.165, 1.54) is 11.6 Å². The number of amides is 1. The standard InChI is InChI=1S/C30H41BFN4O3PS/c1-6-15-41(38,39)35-23-13-14-25(40)27(28(23)32)29(37)36(5)20-10-8-19(9-11-20)33-24-17-26(30(3,4)31)34-22-12-7-18(2)16-21(22)24/h7,12-14,16-17,19-20,35H,6,8-11,15,31,40H2,1-5H3,(H,33,34). The van der Waals surface area contributed by atoms with Gasteiger partial charge in [0.05, 0.1) is 22.5 Å². The number of rotatable bonds is 9. The molecule has 4 rings (SSSR count). The van der Waals surface area contributed by atoms with Crippen molar-refractivity contribution >= 4 is 60.6 Å². The molecule has 7 nitrogen and oxygen atoms in total. The van der Waals surface area contributed by atoms with Crippen LogP contribution >= 0.6 is 9.24 Å². The molecule has 1 unspecified atom stereocenters. The third-order valence-corrected chi connectivity index (χ3v) is 9.74. The Bertz CT molecular complexity index is 1550. The summed E-state index contributed by atoms with van der Waals surface area (Å²) in [4.78, 5) is 20.0. The number of anilines is 2. The molecule has 1 aliphatic carbocycles. The van der Waals surface area contributed by atoms with Crippen molar-refractivity contribution < 1.29 is 17.6 Å². The molecule has 11 heteroatoms. The maximum Gasteiger partial charge on any atom is 0.257 e. The molecule has 1 fully saturated rings. The maximum absolute atomic E-state index is 15.5. The molecule has 0 aliphatic heterocycles. The van der Waals surface area contributed by atoms with Gasteiger partial charge in [-0.1, -0.05) is 38.5 Å². The van der Waals surface area contributed by atoms with Gasteiger partial charge in [-0.25, -0.2) is 12.8 Å². The highest BCUT2D eigenvalue weighted by Gasteiger charge is 2.31. The molecular formula is C30H41BFN4O3PS. The summed E-state index contributed by atoms with van der Waals surface area (Å²) in [5, 5.41) is 5.17. The fourth-order valence-corrected chi connectivity index (χ4v) is 6.87. The Kier molecular flexibility index (Phi) is 9.34. The highest BCUT2D eigenvalue weighted by atomic mass is 32.2. The number of benzene rings is 2. The Balaban J connectivity index is 1.48. The van der Waals surface area contributed by atoms with Crippen LogP contribution < -0.4 is 15.3 Å². The second-order valence-electron chi connectivity index (χ2n) is 12.2. The number of hydrogen-bond donors (Lipinski definition) is 2. The van der Waals surface area contributed by atoms with Gasteiger partial charge in [0, 0.05) is 35.9 Å². The second-order valence-corrected chi connectivity index (χ2v) is 14.7. The van der Waals surface area contributed by atoms with Gasteiger partial charge in [-0.3, -0.25) is 14.5 Å². The van der Waals surface area contributed by atoms with Crippen LogP contribution in [0.5, 0.6) is 0 Å². The molecule has 2 N–H and O–H groups in total. The van der Waals surface area contributed by atoms with Crippen molar-refractivity contribution in [2.24, 2.45) is 0 Å². The molecule has 1 aliphatic rings. The zero-order chi connectivity index (χ0) is 30.1. The summed E-state index contributed by atoms with van der Waals surface area (Å²) in [7, 11) is 2.56. The van der Waals surface area contributed by atoms with Crippen molar-refractivity contribution in [1.29, 1.82) is 0 Å². The number of hydrogen-bond acceptors (Lipinski definition) is 5. The number of aryl methyl sites for hydroxylation is 1. The number of pyridine rings is 1. The van der Waals surface area contributed by atoms with Gasteiger partial charge in [-0.15, -0.1) is 9.24 Å². The van der Waals surface area contributed by atoms with Crippen LogP contribution in [0.3, 0.4) is 0 Å². The molecule has 0 radical (unpaired) electrons. The molecule has 1 atom stereocenters. The van der Waals surface area contributed by atoms with E-state index < -0.39 is 21.7 Å². The molecular weight excluding hydrogens is 557 g/mol. The number of sulfonamides is 1. The lowest BCUT2D eigenvalue weighted by Crippen LogP contribution is -2.43. The number of aromatic nitrogens is 1. The lowest BCUT2D eigenvalue weighted by atomic mass is 9.69. The van der Waals surface area contributed by atoms with Gasteiger partial charge in [-0.05, 0) is 73.9 Å². The van der Waals surface area contributed by atoms with Gasteiger partial charge in [0.25, 0.3) is 5.91 Å². The van der Waals surface area contributed by atoms with Crippen LogP contribution in [0.15, 0.2) is 36.4 Å². The largest absolute Gasteiger partial charge is 0.382 e. The third kappa shape index (κ3) is 7.21. The summed E-state index contributed by atoms with van der Waals surface area (Å²) in [6.07, 6.45) is 3.65. The predicted molar refractivity (Wildman–Crippen MR) is 173 cm³/mol. The quantitative estimate of drug-likeness (QED) is 0.276. The molecule has 0 spiro atoms. The van der Waals surface area contributed by atoms with E-state index in [0.29, 0.717) is 11.7 Å². The van der Waals surface area contributed by atoms with E-state index in [-0.39, 0.29) is 34.4 Å². The van der Waals surface area contributed by atoms with Crippen LogP contribution in [0.1, 0.15) is 74.5 Å². The summed E-state index contributed by atoms with van der Waals surface area (Å²) in [5.41, 5.74) is 3.93. The predicted octanol–water partition coefficient (Wildman–Crippen LogP) is 4.70. The lowest BCUT2D eigenvalue weighted by Gasteiger charge is -2.36. The zero-order valence-electron chi connectivity index (χ0n) is 24.8. The van der Waals surface area contributed by atoms with E-state index in [0.717, 1.165) is 48.0 Å². The van der Waals surface area contributed by atoms with Gasteiger partial charge < -0.3 is 10.2 Å². The highest BCUT2D eigenvalue weighted by molar-refractivity contribution is 7.92. The van der Waals surface area contributed by atoms with E-state index in [2.05, 4.69) is 72.2 Å². The van der Waals surface area contributed by atoms with Crippen molar-refractivity contribution in [3.8, 4) is 0 Å². The number of nitrogens with zero attached hydrogens (tertiary/aromatic N) is 2. The van der Waals surface area contributed by atoms with Crippen molar-refractivity contribution in [1.82, 2.24) is 9.88 Å². The number of carbonyl (C=O) groups is 1. The minimum absolute atomic E-state index is 0.0497. The molecule has 0 bridgehead atoms. The van der Waals surface area contributed by atoms with E-state index in [4.69, 9.17) is 4.98 Å². The van der Waals surface area contributed by atoms with Crippen molar-refractivity contribution in [2.75, 3.05) is 22.8 Å². The minimum atomic E-state index is -3.70. The van der Waals surface area contributed by atoms with Gasteiger partial charge in [0.15, 0.2) is 5.82 Å². The molecule has 1 saturated carbocycles. The van der Waals surface area contributed by atoms with Crippen molar-refractivity contribution in [2.45, 2.75) is 77.2 Å². The summed E-state index contributed by atoms with van der Waals surface area (Å²) in [6.45, 7) is 8.14. The second kappa shape index (κ2) is 12.3. The Morgan fingerprint density at radius 2 is 1.83 bits per heavy atom. The molecule has 1 amide bonds. The molecule has 220 valence electrons. The zero-order valence-corrected chi connectivity index (χ0v) is 26.8. The van der Waals surface area contributed by atoms with Crippen molar-refractivity contribution in [3.63, 3.8) is 0 Å².